The third-order valence-corrected chi connectivity index (χ3v) is 4.86. The second-order valence-corrected chi connectivity index (χ2v) is 6.54. The lowest BCUT2D eigenvalue weighted by Crippen LogP contribution is -2.34. The smallest absolute Gasteiger partial charge is 0.225 e. The molecule has 1 saturated heterocycles. The summed E-state index contributed by atoms with van der Waals surface area (Å²) in [6, 6.07) is 6.91. The van der Waals surface area contributed by atoms with E-state index in [2.05, 4.69) is 0 Å². The summed E-state index contributed by atoms with van der Waals surface area (Å²) < 4.78 is 12.9. The number of hydrogen-bond donors (Lipinski definition) is 1. The number of nitrogens with zero attached hydrogens (tertiary/aromatic N) is 1. The lowest BCUT2D eigenvalue weighted by molar-refractivity contribution is -0.134. The Morgan fingerprint density at radius 3 is 2.59 bits per heavy atom. The van der Waals surface area contributed by atoms with E-state index in [4.69, 9.17) is 5.73 Å². The SMILES string of the molecule is Cl.NC1CCC(C(=O)N2CCC(Cc3ccc(F)cc3)C2)C1. The highest BCUT2D eigenvalue weighted by molar-refractivity contribution is 5.85. The Hall–Kier alpha value is -1.13. The van der Waals surface area contributed by atoms with Crippen LogP contribution in [0.1, 0.15) is 31.2 Å². The van der Waals surface area contributed by atoms with E-state index in [1.54, 1.807) is 0 Å². The molecule has 1 aromatic rings. The zero-order valence-corrected chi connectivity index (χ0v) is 13.5. The molecule has 2 aliphatic rings. The molecule has 2 fully saturated rings. The van der Waals surface area contributed by atoms with Crippen molar-refractivity contribution in [2.45, 2.75) is 38.1 Å². The van der Waals surface area contributed by atoms with Gasteiger partial charge in [0.2, 0.25) is 5.91 Å². The molecule has 0 radical (unpaired) electrons. The van der Waals surface area contributed by atoms with Crippen LogP contribution in [-0.2, 0) is 11.2 Å². The van der Waals surface area contributed by atoms with E-state index in [1.807, 2.05) is 17.0 Å². The zero-order valence-electron chi connectivity index (χ0n) is 12.7. The van der Waals surface area contributed by atoms with E-state index in [9.17, 15) is 9.18 Å². The topological polar surface area (TPSA) is 46.3 Å². The highest BCUT2D eigenvalue weighted by Gasteiger charge is 2.34. The summed E-state index contributed by atoms with van der Waals surface area (Å²) in [5.41, 5.74) is 7.05. The van der Waals surface area contributed by atoms with Crippen LogP contribution in [0.15, 0.2) is 24.3 Å². The molecule has 1 aromatic carbocycles. The van der Waals surface area contributed by atoms with Crippen LogP contribution in [-0.4, -0.2) is 29.9 Å². The Balaban J connectivity index is 0.00000176. The summed E-state index contributed by atoms with van der Waals surface area (Å²) in [5, 5.41) is 0. The average Bonchev–Trinajstić information content (AvgIpc) is 3.10. The standard InChI is InChI=1S/C17H23FN2O.ClH/c18-15-4-1-12(2-5-15)9-13-7-8-20(11-13)17(21)14-3-6-16(19)10-14;/h1-2,4-5,13-14,16H,3,6-11,19H2;1H. The fraction of sp³-hybridized carbons (Fsp3) is 0.588. The molecule has 0 aromatic heterocycles. The normalized spacial score (nSPS) is 27.7. The average molecular weight is 327 g/mol. The minimum atomic E-state index is -0.195. The van der Waals surface area contributed by atoms with Gasteiger partial charge in [-0.05, 0) is 55.7 Å². The van der Waals surface area contributed by atoms with Crippen molar-refractivity contribution in [3.05, 3.63) is 35.6 Å². The minimum absolute atomic E-state index is 0. The molecular weight excluding hydrogens is 303 g/mol. The number of halogens is 2. The van der Waals surface area contributed by atoms with Crippen molar-refractivity contribution in [1.29, 1.82) is 0 Å². The molecule has 3 nitrogen and oxygen atoms in total. The van der Waals surface area contributed by atoms with Gasteiger partial charge in [0, 0.05) is 25.0 Å². The molecular formula is C17H24ClFN2O. The van der Waals surface area contributed by atoms with Crippen LogP contribution in [0, 0.1) is 17.7 Å². The van der Waals surface area contributed by atoms with Gasteiger partial charge in [-0.3, -0.25) is 4.79 Å². The molecule has 122 valence electrons. The van der Waals surface area contributed by atoms with E-state index in [0.29, 0.717) is 11.8 Å². The van der Waals surface area contributed by atoms with Gasteiger partial charge >= 0.3 is 0 Å². The van der Waals surface area contributed by atoms with Gasteiger partial charge in [0.25, 0.3) is 0 Å². The first-order valence-corrected chi connectivity index (χ1v) is 7.90. The number of carbonyl (C=O) groups is 1. The third-order valence-electron chi connectivity index (χ3n) is 4.86. The molecule has 1 aliphatic carbocycles. The maximum atomic E-state index is 12.9. The molecule has 2 N–H and O–H groups in total. The Kier molecular flexibility index (Phi) is 5.81. The Morgan fingerprint density at radius 2 is 1.95 bits per heavy atom. The quantitative estimate of drug-likeness (QED) is 0.928. The highest BCUT2D eigenvalue weighted by Crippen LogP contribution is 2.29. The first-order valence-electron chi connectivity index (χ1n) is 7.90. The van der Waals surface area contributed by atoms with Gasteiger partial charge in [-0.1, -0.05) is 12.1 Å². The first-order chi connectivity index (χ1) is 10.1. The van der Waals surface area contributed by atoms with E-state index < -0.39 is 0 Å². The number of amides is 1. The van der Waals surface area contributed by atoms with Gasteiger partial charge in [-0.2, -0.15) is 0 Å². The van der Waals surface area contributed by atoms with Crippen molar-refractivity contribution in [1.82, 2.24) is 4.90 Å². The van der Waals surface area contributed by atoms with Gasteiger partial charge in [-0.15, -0.1) is 12.4 Å². The van der Waals surface area contributed by atoms with Crippen LogP contribution in [0.25, 0.3) is 0 Å². The molecule has 22 heavy (non-hydrogen) atoms. The number of likely N-dealkylation sites (tertiary alicyclic amines) is 1. The molecule has 1 heterocycles. The molecule has 3 unspecified atom stereocenters. The first kappa shape index (κ1) is 17.2. The molecule has 1 aliphatic heterocycles. The molecule has 1 saturated carbocycles. The fourth-order valence-electron chi connectivity index (χ4n) is 3.65. The summed E-state index contributed by atoms with van der Waals surface area (Å²) in [6.45, 7) is 1.69. The molecule has 0 bridgehead atoms. The maximum Gasteiger partial charge on any atom is 0.225 e. The summed E-state index contributed by atoms with van der Waals surface area (Å²) in [6.07, 6.45) is 4.73. The Bertz CT molecular complexity index is 508. The van der Waals surface area contributed by atoms with Crippen LogP contribution < -0.4 is 5.73 Å². The molecule has 5 heteroatoms. The number of benzene rings is 1. The summed E-state index contributed by atoms with van der Waals surface area (Å²) in [4.78, 5) is 14.5. The number of nitrogens with two attached hydrogens (primary N) is 1. The number of hydrogen-bond acceptors (Lipinski definition) is 2. The second-order valence-electron chi connectivity index (χ2n) is 6.54. The number of rotatable bonds is 3. The summed E-state index contributed by atoms with van der Waals surface area (Å²) in [7, 11) is 0. The van der Waals surface area contributed by atoms with Gasteiger partial charge in [-0.25, -0.2) is 4.39 Å². The third kappa shape index (κ3) is 3.99. The van der Waals surface area contributed by atoms with E-state index in [0.717, 1.165) is 50.8 Å². The van der Waals surface area contributed by atoms with Crippen LogP contribution in [0.4, 0.5) is 4.39 Å². The Morgan fingerprint density at radius 1 is 1.23 bits per heavy atom. The second kappa shape index (κ2) is 7.42. The largest absolute Gasteiger partial charge is 0.342 e. The van der Waals surface area contributed by atoms with Crippen molar-refractivity contribution < 1.29 is 9.18 Å². The van der Waals surface area contributed by atoms with Crippen LogP contribution in [0.5, 0.6) is 0 Å². The van der Waals surface area contributed by atoms with Crippen molar-refractivity contribution >= 4 is 18.3 Å². The maximum absolute atomic E-state index is 12.9. The van der Waals surface area contributed by atoms with Gasteiger partial charge < -0.3 is 10.6 Å². The minimum Gasteiger partial charge on any atom is -0.342 e. The molecule has 1 amide bonds. The van der Waals surface area contributed by atoms with Crippen LogP contribution >= 0.6 is 12.4 Å². The van der Waals surface area contributed by atoms with Crippen molar-refractivity contribution in [2.24, 2.45) is 17.6 Å². The molecule has 0 spiro atoms. The monoisotopic (exact) mass is 326 g/mol. The Labute approximate surface area is 137 Å². The van der Waals surface area contributed by atoms with Gasteiger partial charge in [0.1, 0.15) is 5.82 Å². The van der Waals surface area contributed by atoms with E-state index >= 15 is 0 Å². The number of carbonyl (C=O) groups excluding carboxylic acids is 1. The van der Waals surface area contributed by atoms with Gasteiger partial charge in [0.05, 0.1) is 0 Å². The van der Waals surface area contributed by atoms with Crippen molar-refractivity contribution in [3.8, 4) is 0 Å². The van der Waals surface area contributed by atoms with Crippen molar-refractivity contribution in [2.75, 3.05) is 13.1 Å². The summed E-state index contributed by atoms with van der Waals surface area (Å²) >= 11 is 0. The van der Waals surface area contributed by atoms with E-state index in [-0.39, 0.29) is 30.2 Å². The predicted octanol–water partition coefficient (Wildman–Crippen LogP) is 2.77. The predicted molar refractivity (Wildman–Crippen MR) is 87.4 cm³/mol. The molecule has 3 atom stereocenters. The van der Waals surface area contributed by atoms with Crippen LogP contribution in [0.2, 0.25) is 0 Å². The zero-order chi connectivity index (χ0) is 14.8. The lowest BCUT2D eigenvalue weighted by Gasteiger charge is -2.20. The fourth-order valence-corrected chi connectivity index (χ4v) is 3.65. The lowest BCUT2D eigenvalue weighted by atomic mass is 9.99. The van der Waals surface area contributed by atoms with Crippen LogP contribution in [0.3, 0.4) is 0 Å². The summed E-state index contributed by atoms with van der Waals surface area (Å²) in [5.74, 6) is 0.739. The van der Waals surface area contributed by atoms with Crippen molar-refractivity contribution in [3.63, 3.8) is 0 Å². The van der Waals surface area contributed by atoms with E-state index in [1.165, 1.54) is 12.1 Å². The molecule has 3 rings (SSSR count). The highest BCUT2D eigenvalue weighted by atomic mass is 35.5. The van der Waals surface area contributed by atoms with Gasteiger partial charge in [0.15, 0.2) is 0 Å².